The van der Waals surface area contributed by atoms with Crippen LogP contribution in [0.4, 0.5) is 0 Å². The van der Waals surface area contributed by atoms with E-state index in [1.54, 1.807) is 0 Å². The van der Waals surface area contributed by atoms with Crippen LogP contribution in [0.3, 0.4) is 0 Å². The van der Waals surface area contributed by atoms with Gasteiger partial charge >= 0.3 is 0 Å². The Morgan fingerprint density at radius 3 is 2.22 bits per heavy atom. The molecule has 0 radical (unpaired) electrons. The second-order valence-corrected chi connectivity index (χ2v) is 3.25. The zero-order valence-corrected chi connectivity index (χ0v) is 5.98. The van der Waals surface area contributed by atoms with Crippen LogP contribution in [-0.2, 0) is 0 Å². The molecule has 1 fully saturated rings. The van der Waals surface area contributed by atoms with E-state index in [1.165, 1.54) is 5.57 Å². The van der Waals surface area contributed by atoms with Crippen molar-refractivity contribution in [3.63, 3.8) is 0 Å². The summed E-state index contributed by atoms with van der Waals surface area (Å²) in [7, 11) is 0. The van der Waals surface area contributed by atoms with E-state index in [1.807, 2.05) is 6.92 Å². The highest BCUT2D eigenvalue weighted by Crippen LogP contribution is 2.29. The molecule has 0 aromatic carbocycles. The number of rotatable bonds is 0. The molecule has 0 aliphatic heterocycles. The summed E-state index contributed by atoms with van der Waals surface area (Å²) in [5.74, 6) is 0. The van der Waals surface area contributed by atoms with Gasteiger partial charge in [0.2, 0.25) is 0 Å². The lowest BCUT2D eigenvalue weighted by Gasteiger charge is -2.28. The van der Waals surface area contributed by atoms with Crippen molar-refractivity contribution in [3.05, 3.63) is 12.2 Å². The van der Waals surface area contributed by atoms with E-state index in [9.17, 15) is 5.11 Å². The first-order chi connectivity index (χ1) is 4.10. The van der Waals surface area contributed by atoms with Crippen molar-refractivity contribution >= 4 is 0 Å². The van der Waals surface area contributed by atoms with Crippen molar-refractivity contribution in [2.45, 2.75) is 38.2 Å². The van der Waals surface area contributed by atoms with Gasteiger partial charge in [-0.05, 0) is 32.6 Å². The minimum absolute atomic E-state index is 0.402. The summed E-state index contributed by atoms with van der Waals surface area (Å²) in [5.41, 5.74) is 0.891. The predicted molar refractivity (Wildman–Crippen MR) is 38.2 cm³/mol. The lowest BCUT2D eigenvalue weighted by molar-refractivity contribution is 0.0329. The van der Waals surface area contributed by atoms with Crippen molar-refractivity contribution in [1.29, 1.82) is 0 Å². The summed E-state index contributed by atoms with van der Waals surface area (Å²) < 4.78 is 0. The summed E-state index contributed by atoms with van der Waals surface area (Å²) in [6.45, 7) is 5.77. The maximum absolute atomic E-state index is 9.45. The van der Waals surface area contributed by atoms with E-state index in [4.69, 9.17) is 0 Å². The molecule has 0 bridgehead atoms. The van der Waals surface area contributed by atoms with Crippen molar-refractivity contribution < 1.29 is 5.11 Å². The molecule has 1 rings (SSSR count). The molecule has 1 heteroatoms. The molecule has 1 saturated carbocycles. The van der Waals surface area contributed by atoms with Crippen LogP contribution < -0.4 is 0 Å². The fourth-order valence-electron chi connectivity index (χ4n) is 1.14. The summed E-state index contributed by atoms with van der Waals surface area (Å²) in [6.07, 6.45) is 3.80. The van der Waals surface area contributed by atoms with Gasteiger partial charge in [-0.1, -0.05) is 12.2 Å². The van der Waals surface area contributed by atoms with E-state index in [0.29, 0.717) is 0 Å². The molecule has 1 aliphatic rings. The Kier molecular flexibility index (Phi) is 1.62. The van der Waals surface area contributed by atoms with Gasteiger partial charge in [-0.3, -0.25) is 0 Å². The molecule has 1 nitrogen and oxygen atoms in total. The molecule has 0 aromatic rings. The average molecular weight is 126 g/mol. The highest BCUT2D eigenvalue weighted by atomic mass is 16.3. The normalized spacial score (nSPS) is 26.2. The molecule has 1 N–H and O–H groups in total. The first-order valence-corrected chi connectivity index (χ1v) is 3.49. The molecule has 0 spiro atoms. The number of aliphatic hydroxyl groups is 1. The Labute approximate surface area is 56.4 Å². The minimum atomic E-state index is -0.402. The maximum Gasteiger partial charge on any atom is 0.0625 e. The van der Waals surface area contributed by atoms with Crippen molar-refractivity contribution in [3.8, 4) is 0 Å². The Hall–Kier alpha value is -0.300. The standard InChI is InChI=1S/C8H14O/c1-7-3-5-8(2,9)6-4-7/h9H,1,3-6H2,2H3. The molecule has 0 amide bonds. The zero-order valence-electron chi connectivity index (χ0n) is 5.98. The van der Waals surface area contributed by atoms with E-state index < -0.39 is 5.60 Å². The van der Waals surface area contributed by atoms with Crippen molar-refractivity contribution in [2.75, 3.05) is 0 Å². The van der Waals surface area contributed by atoms with Crippen LogP contribution in [0, 0.1) is 0 Å². The molecular weight excluding hydrogens is 112 g/mol. The molecule has 9 heavy (non-hydrogen) atoms. The fourth-order valence-corrected chi connectivity index (χ4v) is 1.14. The largest absolute Gasteiger partial charge is 0.390 e. The Morgan fingerprint density at radius 2 is 1.89 bits per heavy atom. The summed E-state index contributed by atoms with van der Waals surface area (Å²) in [4.78, 5) is 0. The Balaban J connectivity index is 2.44. The maximum atomic E-state index is 9.45. The van der Waals surface area contributed by atoms with E-state index in [-0.39, 0.29) is 0 Å². The molecular formula is C8H14O. The van der Waals surface area contributed by atoms with Gasteiger partial charge in [0.25, 0.3) is 0 Å². The van der Waals surface area contributed by atoms with Crippen LogP contribution in [0.2, 0.25) is 0 Å². The highest BCUT2D eigenvalue weighted by molar-refractivity contribution is 5.01. The second kappa shape index (κ2) is 2.14. The van der Waals surface area contributed by atoms with Crippen molar-refractivity contribution in [1.82, 2.24) is 0 Å². The van der Waals surface area contributed by atoms with Crippen LogP contribution in [0.25, 0.3) is 0 Å². The Bertz CT molecular complexity index is 113. The third kappa shape index (κ3) is 1.83. The molecule has 0 atom stereocenters. The molecule has 0 aromatic heterocycles. The number of allylic oxidation sites excluding steroid dienone is 1. The topological polar surface area (TPSA) is 20.2 Å². The molecule has 52 valence electrons. The van der Waals surface area contributed by atoms with Gasteiger partial charge in [0, 0.05) is 0 Å². The van der Waals surface area contributed by atoms with Gasteiger partial charge in [-0.25, -0.2) is 0 Å². The lowest BCUT2D eigenvalue weighted by Crippen LogP contribution is -2.27. The SMILES string of the molecule is C=C1CCC(C)(O)CC1. The predicted octanol–water partition coefficient (Wildman–Crippen LogP) is 1.87. The van der Waals surface area contributed by atoms with Crippen LogP contribution in [0.5, 0.6) is 0 Å². The van der Waals surface area contributed by atoms with Gasteiger partial charge in [0.1, 0.15) is 0 Å². The smallest absolute Gasteiger partial charge is 0.0625 e. The molecule has 1 aliphatic carbocycles. The van der Waals surface area contributed by atoms with Gasteiger partial charge < -0.3 is 5.11 Å². The first kappa shape index (κ1) is 6.81. The third-order valence-corrected chi connectivity index (χ3v) is 2.03. The van der Waals surface area contributed by atoms with Gasteiger partial charge in [0.05, 0.1) is 5.60 Å². The summed E-state index contributed by atoms with van der Waals surface area (Å²) in [5, 5.41) is 9.45. The summed E-state index contributed by atoms with van der Waals surface area (Å²) in [6, 6.07) is 0. The van der Waals surface area contributed by atoms with Crippen LogP contribution in [0.15, 0.2) is 12.2 Å². The zero-order chi connectivity index (χ0) is 6.91. The second-order valence-electron chi connectivity index (χ2n) is 3.25. The van der Waals surface area contributed by atoms with Crippen LogP contribution in [0.1, 0.15) is 32.6 Å². The number of hydrogen-bond acceptors (Lipinski definition) is 1. The van der Waals surface area contributed by atoms with Gasteiger partial charge in [-0.2, -0.15) is 0 Å². The average Bonchev–Trinajstić information content (AvgIpc) is 1.78. The van der Waals surface area contributed by atoms with Crippen LogP contribution in [-0.4, -0.2) is 10.7 Å². The fraction of sp³-hybridized carbons (Fsp3) is 0.750. The number of hydrogen-bond donors (Lipinski definition) is 1. The van der Waals surface area contributed by atoms with Crippen molar-refractivity contribution in [2.24, 2.45) is 0 Å². The third-order valence-electron chi connectivity index (χ3n) is 2.03. The van der Waals surface area contributed by atoms with Gasteiger partial charge in [-0.15, -0.1) is 0 Å². The monoisotopic (exact) mass is 126 g/mol. The molecule has 0 unspecified atom stereocenters. The van der Waals surface area contributed by atoms with Gasteiger partial charge in [0.15, 0.2) is 0 Å². The quantitative estimate of drug-likeness (QED) is 0.491. The molecule has 0 heterocycles. The highest BCUT2D eigenvalue weighted by Gasteiger charge is 2.24. The van der Waals surface area contributed by atoms with Crippen LogP contribution >= 0.6 is 0 Å². The summed E-state index contributed by atoms with van der Waals surface area (Å²) >= 11 is 0. The van der Waals surface area contributed by atoms with E-state index in [2.05, 4.69) is 6.58 Å². The molecule has 0 saturated heterocycles. The lowest BCUT2D eigenvalue weighted by atomic mass is 9.84. The first-order valence-electron chi connectivity index (χ1n) is 3.49. The minimum Gasteiger partial charge on any atom is -0.390 e. The van der Waals surface area contributed by atoms with E-state index in [0.717, 1.165) is 25.7 Å². The van der Waals surface area contributed by atoms with E-state index >= 15 is 0 Å². The Morgan fingerprint density at radius 1 is 1.44 bits per heavy atom.